The number of hydrogen-bond acceptors (Lipinski definition) is 6. The van der Waals surface area contributed by atoms with Crippen molar-refractivity contribution in [2.75, 3.05) is 11.5 Å². The Morgan fingerprint density at radius 1 is 1.45 bits per heavy atom. The van der Waals surface area contributed by atoms with E-state index in [1.807, 2.05) is 4.83 Å². The molecule has 0 spiro atoms. The summed E-state index contributed by atoms with van der Waals surface area (Å²) in [6, 6.07) is 3.01. The summed E-state index contributed by atoms with van der Waals surface area (Å²) in [5, 5.41) is 1.61. The van der Waals surface area contributed by atoms with Crippen LogP contribution in [0.5, 0.6) is 0 Å². The van der Waals surface area contributed by atoms with Crippen LogP contribution in [0.15, 0.2) is 21.7 Å². The second kappa shape index (κ2) is 5.80. The van der Waals surface area contributed by atoms with Gasteiger partial charge in [-0.15, -0.1) is 16.2 Å². The molecule has 1 aliphatic rings. The topological polar surface area (TPSA) is 109 Å². The molecule has 1 aromatic heterocycles. The van der Waals surface area contributed by atoms with Gasteiger partial charge in [0.1, 0.15) is 4.21 Å². The second-order valence-corrected chi connectivity index (χ2v) is 9.64. The first-order valence-corrected chi connectivity index (χ1v) is 10.0. The maximum absolute atomic E-state index is 11.7. The van der Waals surface area contributed by atoms with Crippen LogP contribution in [0.2, 0.25) is 0 Å². The van der Waals surface area contributed by atoms with E-state index in [-0.39, 0.29) is 28.1 Å². The van der Waals surface area contributed by atoms with E-state index in [0.717, 1.165) is 11.3 Å². The van der Waals surface area contributed by atoms with Crippen LogP contribution in [0.1, 0.15) is 12.8 Å². The Bertz CT molecular complexity index is 678. The van der Waals surface area contributed by atoms with Crippen LogP contribution in [0.3, 0.4) is 0 Å². The summed E-state index contributed by atoms with van der Waals surface area (Å²) in [6.07, 6.45) is 0.430. The molecule has 0 saturated carbocycles. The Kier molecular flexibility index (Phi) is 4.47. The molecule has 1 aliphatic heterocycles. The SMILES string of the molecule is O=C(C[C@H]1CCS(=O)(=O)C1)NNS(=O)(=O)c1cccs1. The Morgan fingerprint density at radius 2 is 2.20 bits per heavy atom. The van der Waals surface area contributed by atoms with Crippen molar-refractivity contribution in [3.63, 3.8) is 0 Å². The number of amides is 1. The third-order valence-electron chi connectivity index (χ3n) is 2.89. The largest absolute Gasteiger partial charge is 0.278 e. The summed E-state index contributed by atoms with van der Waals surface area (Å²) in [7, 11) is -6.79. The van der Waals surface area contributed by atoms with E-state index >= 15 is 0 Å². The number of sulfone groups is 1. The number of hydrazine groups is 1. The molecule has 1 saturated heterocycles. The maximum Gasteiger partial charge on any atom is 0.266 e. The summed E-state index contributed by atoms with van der Waals surface area (Å²) in [5.74, 6) is -0.706. The number of thiophene rings is 1. The molecule has 10 heteroatoms. The van der Waals surface area contributed by atoms with Gasteiger partial charge in [-0.3, -0.25) is 10.2 Å². The van der Waals surface area contributed by atoms with E-state index in [1.165, 1.54) is 6.07 Å². The lowest BCUT2D eigenvalue weighted by molar-refractivity contribution is -0.122. The molecule has 1 aromatic rings. The summed E-state index contributed by atoms with van der Waals surface area (Å²) < 4.78 is 46.1. The molecule has 1 fully saturated rings. The van der Waals surface area contributed by atoms with Gasteiger partial charge in [-0.2, -0.15) is 0 Å². The Hall–Kier alpha value is -0.970. The van der Waals surface area contributed by atoms with Crippen molar-refractivity contribution in [1.82, 2.24) is 10.3 Å². The molecule has 1 atom stereocenters. The highest BCUT2D eigenvalue weighted by atomic mass is 32.2. The zero-order valence-electron chi connectivity index (χ0n) is 10.4. The fourth-order valence-corrected chi connectivity index (χ4v) is 5.65. The number of sulfonamides is 1. The summed E-state index contributed by atoms with van der Waals surface area (Å²) >= 11 is 1.03. The van der Waals surface area contributed by atoms with Gasteiger partial charge >= 0.3 is 0 Å². The normalized spacial score (nSPS) is 21.7. The molecule has 0 aromatic carbocycles. The molecular weight excluding hydrogens is 324 g/mol. The Labute approximate surface area is 121 Å². The first-order chi connectivity index (χ1) is 9.28. The van der Waals surface area contributed by atoms with Crippen molar-refractivity contribution in [1.29, 1.82) is 0 Å². The smallest absolute Gasteiger partial charge is 0.266 e. The molecule has 2 heterocycles. The minimum Gasteiger partial charge on any atom is -0.278 e. The lowest BCUT2D eigenvalue weighted by atomic mass is 10.1. The minimum atomic E-state index is -3.75. The van der Waals surface area contributed by atoms with Gasteiger partial charge < -0.3 is 0 Å². The number of carbonyl (C=O) groups is 1. The molecule has 0 bridgehead atoms. The van der Waals surface area contributed by atoms with Crippen molar-refractivity contribution in [3.8, 4) is 0 Å². The maximum atomic E-state index is 11.7. The lowest BCUT2D eigenvalue weighted by Crippen LogP contribution is -2.41. The molecule has 20 heavy (non-hydrogen) atoms. The van der Waals surface area contributed by atoms with Crippen molar-refractivity contribution >= 4 is 37.1 Å². The van der Waals surface area contributed by atoms with E-state index in [4.69, 9.17) is 0 Å². The standard InChI is InChI=1S/C10H14N2O5S3/c13-9(6-8-3-5-19(14,15)7-8)11-12-20(16,17)10-2-1-4-18-10/h1-2,4,8,12H,3,5-7H2,(H,11,13)/t8-/m1/s1. The van der Waals surface area contributed by atoms with Crippen LogP contribution in [0, 0.1) is 5.92 Å². The van der Waals surface area contributed by atoms with Gasteiger partial charge in [-0.1, -0.05) is 6.07 Å². The van der Waals surface area contributed by atoms with Crippen LogP contribution in [-0.4, -0.2) is 34.2 Å². The molecule has 2 rings (SSSR count). The van der Waals surface area contributed by atoms with Crippen LogP contribution >= 0.6 is 11.3 Å². The third kappa shape index (κ3) is 4.01. The van der Waals surface area contributed by atoms with Crippen LogP contribution in [-0.2, 0) is 24.7 Å². The van der Waals surface area contributed by atoms with Crippen LogP contribution < -0.4 is 10.3 Å². The van der Waals surface area contributed by atoms with E-state index in [2.05, 4.69) is 5.43 Å². The molecule has 0 radical (unpaired) electrons. The van der Waals surface area contributed by atoms with Gasteiger partial charge in [0.25, 0.3) is 10.0 Å². The first-order valence-electron chi connectivity index (χ1n) is 5.83. The van der Waals surface area contributed by atoms with E-state index in [0.29, 0.717) is 6.42 Å². The van der Waals surface area contributed by atoms with E-state index < -0.39 is 25.8 Å². The quantitative estimate of drug-likeness (QED) is 0.728. The second-order valence-electron chi connectivity index (χ2n) is 4.56. The molecule has 2 N–H and O–H groups in total. The van der Waals surface area contributed by atoms with Crippen LogP contribution in [0.4, 0.5) is 0 Å². The zero-order valence-corrected chi connectivity index (χ0v) is 12.9. The minimum absolute atomic E-state index is 0.00775. The summed E-state index contributed by atoms with van der Waals surface area (Å²) in [4.78, 5) is 13.6. The predicted molar refractivity (Wildman–Crippen MR) is 74.2 cm³/mol. The number of rotatable bonds is 5. The predicted octanol–water partition coefficient (Wildman–Crippen LogP) is -0.118. The van der Waals surface area contributed by atoms with E-state index in [9.17, 15) is 21.6 Å². The van der Waals surface area contributed by atoms with E-state index in [1.54, 1.807) is 11.4 Å². The summed E-state index contributed by atoms with van der Waals surface area (Å²) in [5.41, 5.74) is 2.10. The van der Waals surface area contributed by atoms with Gasteiger partial charge in [-0.25, -0.2) is 16.8 Å². The molecular formula is C10H14N2O5S3. The molecule has 7 nitrogen and oxygen atoms in total. The monoisotopic (exact) mass is 338 g/mol. The fraction of sp³-hybridized carbons (Fsp3) is 0.500. The van der Waals surface area contributed by atoms with Gasteiger partial charge in [0.15, 0.2) is 9.84 Å². The molecule has 112 valence electrons. The third-order valence-corrected chi connectivity index (χ3v) is 7.37. The van der Waals surface area contributed by atoms with Gasteiger partial charge in [0, 0.05) is 6.42 Å². The lowest BCUT2D eigenvalue weighted by Gasteiger charge is -2.09. The highest BCUT2D eigenvalue weighted by Gasteiger charge is 2.29. The average molecular weight is 338 g/mol. The van der Waals surface area contributed by atoms with Crippen molar-refractivity contribution < 1.29 is 21.6 Å². The van der Waals surface area contributed by atoms with Crippen molar-refractivity contribution in [2.45, 2.75) is 17.1 Å². The van der Waals surface area contributed by atoms with Gasteiger partial charge in [0.2, 0.25) is 5.91 Å². The number of carbonyl (C=O) groups excluding carboxylic acids is 1. The van der Waals surface area contributed by atoms with Gasteiger partial charge in [-0.05, 0) is 23.8 Å². The van der Waals surface area contributed by atoms with Crippen molar-refractivity contribution in [3.05, 3.63) is 17.5 Å². The number of hydrogen-bond donors (Lipinski definition) is 2. The Balaban J connectivity index is 1.84. The Morgan fingerprint density at radius 3 is 2.75 bits per heavy atom. The molecule has 0 unspecified atom stereocenters. The summed E-state index contributed by atoms with van der Waals surface area (Å²) in [6.45, 7) is 0. The fourth-order valence-electron chi connectivity index (χ4n) is 1.94. The van der Waals surface area contributed by atoms with Crippen LogP contribution in [0.25, 0.3) is 0 Å². The highest BCUT2D eigenvalue weighted by molar-refractivity contribution is 7.91. The highest BCUT2D eigenvalue weighted by Crippen LogP contribution is 2.21. The van der Waals surface area contributed by atoms with Crippen molar-refractivity contribution in [2.24, 2.45) is 5.92 Å². The molecule has 1 amide bonds. The number of nitrogens with one attached hydrogen (secondary N) is 2. The zero-order chi connectivity index (χ0) is 14.8. The molecule has 0 aliphatic carbocycles. The first kappa shape index (κ1) is 15.4. The van der Waals surface area contributed by atoms with Gasteiger partial charge in [0.05, 0.1) is 11.5 Å². The average Bonchev–Trinajstić information content (AvgIpc) is 2.97.